The Hall–Kier alpha value is -1.97. The highest BCUT2D eigenvalue weighted by atomic mass is 35.5. The fraction of sp³-hybridized carbons (Fsp3) is 0.440. The number of fused-ring (bicyclic) bond motifs is 1. The predicted molar refractivity (Wildman–Crippen MR) is 118 cm³/mol. The Kier molecular flexibility index (Phi) is 5.77. The molecular formula is C25H30ClNO2. The molecule has 0 spiro atoms. The SMILES string of the molecule is CC(C)(C)C(=O)c1ccc(CN2Cc3ccc(C(=O)C(C)(C)C)cc3C2)c(Cl)c1. The van der Waals surface area contributed by atoms with Crippen molar-refractivity contribution >= 4 is 23.2 Å². The number of rotatable bonds is 4. The molecule has 0 atom stereocenters. The zero-order valence-corrected chi connectivity index (χ0v) is 19.0. The lowest BCUT2D eigenvalue weighted by molar-refractivity contribution is 0.0852. The number of ketones is 2. The Bertz CT molecular complexity index is 964. The Morgan fingerprint density at radius 2 is 1.34 bits per heavy atom. The summed E-state index contributed by atoms with van der Waals surface area (Å²) < 4.78 is 0. The van der Waals surface area contributed by atoms with Crippen molar-refractivity contribution in [1.29, 1.82) is 0 Å². The van der Waals surface area contributed by atoms with E-state index in [9.17, 15) is 9.59 Å². The number of benzene rings is 2. The van der Waals surface area contributed by atoms with Gasteiger partial charge in [0.05, 0.1) is 0 Å². The Morgan fingerprint density at radius 1 is 0.828 bits per heavy atom. The van der Waals surface area contributed by atoms with Gasteiger partial charge in [0.25, 0.3) is 0 Å². The van der Waals surface area contributed by atoms with Crippen LogP contribution in [0.5, 0.6) is 0 Å². The maximum Gasteiger partial charge on any atom is 0.168 e. The van der Waals surface area contributed by atoms with Crippen molar-refractivity contribution in [2.45, 2.75) is 61.2 Å². The molecule has 0 saturated carbocycles. The van der Waals surface area contributed by atoms with Gasteiger partial charge < -0.3 is 0 Å². The van der Waals surface area contributed by atoms with E-state index < -0.39 is 5.41 Å². The molecule has 3 rings (SSSR count). The molecule has 1 heterocycles. The molecule has 0 unspecified atom stereocenters. The number of nitrogens with zero attached hydrogens (tertiary/aromatic N) is 1. The zero-order valence-electron chi connectivity index (χ0n) is 18.2. The van der Waals surface area contributed by atoms with Crippen molar-refractivity contribution in [3.05, 3.63) is 69.2 Å². The molecule has 154 valence electrons. The molecule has 1 aliphatic heterocycles. The van der Waals surface area contributed by atoms with Crippen molar-refractivity contribution in [3.63, 3.8) is 0 Å². The molecule has 0 fully saturated rings. The van der Waals surface area contributed by atoms with Crippen LogP contribution < -0.4 is 0 Å². The molecule has 2 aromatic rings. The van der Waals surface area contributed by atoms with Gasteiger partial charge in [0, 0.05) is 46.6 Å². The highest BCUT2D eigenvalue weighted by molar-refractivity contribution is 6.31. The van der Waals surface area contributed by atoms with Crippen molar-refractivity contribution < 1.29 is 9.59 Å². The summed E-state index contributed by atoms with van der Waals surface area (Å²) in [5, 5.41) is 0.625. The zero-order chi connectivity index (χ0) is 21.6. The standard InChI is InChI=1S/C25H30ClNO2/c1-24(2,3)22(28)16-7-9-18-13-27(15-20(18)11-16)14-19-10-8-17(12-21(19)26)23(29)25(4,5)6/h7-12H,13-15H2,1-6H3. The lowest BCUT2D eigenvalue weighted by atomic mass is 9.86. The van der Waals surface area contributed by atoms with E-state index >= 15 is 0 Å². The van der Waals surface area contributed by atoms with Crippen molar-refractivity contribution in [3.8, 4) is 0 Å². The van der Waals surface area contributed by atoms with E-state index in [1.54, 1.807) is 6.07 Å². The van der Waals surface area contributed by atoms with Crippen LogP contribution in [-0.2, 0) is 19.6 Å². The van der Waals surface area contributed by atoms with Crippen LogP contribution in [0, 0.1) is 10.8 Å². The maximum absolute atomic E-state index is 12.6. The van der Waals surface area contributed by atoms with Crippen LogP contribution in [0.3, 0.4) is 0 Å². The van der Waals surface area contributed by atoms with Crippen LogP contribution in [0.15, 0.2) is 36.4 Å². The smallest absolute Gasteiger partial charge is 0.168 e. The maximum atomic E-state index is 12.6. The predicted octanol–water partition coefficient (Wildman–Crippen LogP) is 6.31. The van der Waals surface area contributed by atoms with Crippen LogP contribution in [0.2, 0.25) is 5.02 Å². The second-order valence-electron chi connectivity index (χ2n) is 10.1. The average Bonchev–Trinajstić information content (AvgIpc) is 3.02. The first kappa shape index (κ1) is 21.7. The third-order valence-electron chi connectivity index (χ3n) is 5.33. The fourth-order valence-electron chi connectivity index (χ4n) is 3.64. The van der Waals surface area contributed by atoms with Gasteiger partial charge in [-0.1, -0.05) is 77.4 Å². The van der Waals surface area contributed by atoms with Crippen molar-refractivity contribution in [2.75, 3.05) is 0 Å². The van der Waals surface area contributed by atoms with Gasteiger partial charge in [0.1, 0.15) is 0 Å². The Balaban J connectivity index is 1.74. The molecule has 0 aromatic heterocycles. The van der Waals surface area contributed by atoms with Crippen LogP contribution in [0.4, 0.5) is 0 Å². The van der Waals surface area contributed by atoms with E-state index in [0.717, 1.165) is 24.2 Å². The largest absolute Gasteiger partial charge is 0.294 e. The molecule has 0 amide bonds. The number of hydrogen-bond acceptors (Lipinski definition) is 3. The van der Waals surface area contributed by atoms with Gasteiger partial charge in [-0.25, -0.2) is 0 Å². The molecule has 1 aliphatic rings. The summed E-state index contributed by atoms with van der Waals surface area (Å²) in [6.45, 7) is 13.9. The summed E-state index contributed by atoms with van der Waals surface area (Å²) in [5.74, 6) is 0.261. The molecule has 4 heteroatoms. The monoisotopic (exact) mass is 411 g/mol. The van der Waals surface area contributed by atoms with Crippen molar-refractivity contribution in [1.82, 2.24) is 4.90 Å². The number of carbonyl (C=O) groups excluding carboxylic acids is 2. The van der Waals surface area contributed by atoms with Crippen LogP contribution in [0.25, 0.3) is 0 Å². The second kappa shape index (κ2) is 7.70. The summed E-state index contributed by atoms with van der Waals surface area (Å²) in [5.41, 5.74) is 4.09. The van der Waals surface area contributed by atoms with E-state index in [1.165, 1.54) is 11.1 Å². The fourth-order valence-corrected chi connectivity index (χ4v) is 3.88. The number of carbonyl (C=O) groups is 2. The van der Waals surface area contributed by atoms with Gasteiger partial charge in [-0.05, 0) is 28.8 Å². The van der Waals surface area contributed by atoms with Crippen molar-refractivity contribution in [2.24, 2.45) is 10.8 Å². The van der Waals surface area contributed by atoms with E-state index in [2.05, 4.69) is 11.0 Å². The molecule has 3 nitrogen and oxygen atoms in total. The second-order valence-corrected chi connectivity index (χ2v) is 10.5. The summed E-state index contributed by atoms with van der Waals surface area (Å²) in [6.07, 6.45) is 0. The molecule has 0 radical (unpaired) electrons. The highest BCUT2D eigenvalue weighted by Gasteiger charge is 2.27. The van der Waals surface area contributed by atoms with E-state index in [4.69, 9.17) is 11.6 Å². The van der Waals surface area contributed by atoms with Gasteiger partial charge in [0.2, 0.25) is 0 Å². The van der Waals surface area contributed by atoms with Gasteiger partial charge in [-0.3, -0.25) is 14.5 Å². The summed E-state index contributed by atoms with van der Waals surface area (Å²) in [4.78, 5) is 27.4. The molecule has 0 bridgehead atoms. The van der Waals surface area contributed by atoms with Crippen LogP contribution >= 0.6 is 11.6 Å². The first-order chi connectivity index (χ1) is 13.4. The summed E-state index contributed by atoms with van der Waals surface area (Å²) in [7, 11) is 0. The normalized spacial score (nSPS) is 14.7. The van der Waals surface area contributed by atoms with Crippen LogP contribution in [0.1, 0.15) is 78.9 Å². The minimum absolute atomic E-state index is 0.0931. The van der Waals surface area contributed by atoms with E-state index in [0.29, 0.717) is 17.1 Å². The molecular weight excluding hydrogens is 382 g/mol. The Morgan fingerprint density at radius 3 is 1.90 bits per heavy atom. The average molecular weight is 412 g/mol. The lowest BCUT2D eigenvalue weighted by Crippen LogP contribution is -2.20. The molecule has 0 N–H and O–H groups in total. The van der Waals surface area contributed by atoms with Gasteiger partial charge >= 0.3 is 0 Å². The first-order valence-electron chi connectivity index (χ1n) is 10.1. The minimum atomic E-state index is -0.427. The highest BCUT2D eigenvalue weighted by Crippen LogP contribution is 2.30. The van der Waals surface area contributed by atoms with Gasteiger partial charge in [-0.2, -0.15) is 0 Å². The summed E-state index contributed by atoms with van der Waals surface area (Å²) in [6, 6.07) is 11.7. The minimum Gasteiger partial charge on any atom is -0.294 e. The molecule has 0 aliphatic carbocycles. The molecule has 29 heavy (non-hydrogen) atoms. The van der Waals surface area contributed by atoms with E-state index in [-0.39, 0.29) is 17.0 Å². The van der Waals surface area contributed by atoms with Gasteiger partial charge in [-0.15, -0.1) is 0 Å². The number of hydrogen-bond donors (Lipinski definition) is 0. The lowest BCUT2D eigenvalue weighted by Gasteiger charge is -2.19. The third kappa shape index (κ3) is 4.79. The number of Topliss-reactive ketones (excluding diaryl/α,β-unsaturated/α-hetero) is 2. The number of halogens is 1. The summed E-state index contributed by atoms with van der Waals surface area (Å²) >= 11 is 6.51. The third-order valence-corrected chi connectivity index (χ3v) is 5.68. The Labute approximate surface area is 179 Å². The van der Waals surface area contributed by atoms with Crippen LogP contribution in [-0.4, -0.2) is 16.5 Å². The van der Waals surface area contributed by atoms with E-state index in [1.807, 2.05) is 65.8 Å². The molecule has 2 aromatic carbocycles. The molecule has 0 saturated heterocycles. The first-order valence-corrected chi connectivity index (χ1v) is 10.5. The quantitative estimate of drug-likeness (QED) is 0.553. The topological polar surface area (TPSA) is 37.4 Å². The van der Waals surface area contributed by atoms with Gasteiger partial charge in [0.15, 0.2) is 11.6 Å².